The highest BCUT2D eigenvalue weighted by Crippen LogP contribution is 2.22. The van der Waals surface area contributed by atoms with Gasteiger partial charge < -0.3 is 5.32 Å². The quantitative estimate of drug-likeness (QED) is 0.863. The molecular weight excluding hydrogens is 282 g/mol. The molecule has 2 rings (SSSR count). The van der Waals surface area contributed by atoms with Crippen molar-refractivity contribution in [3.8, 4) is 0 Å². The van der Waals surface area contributed by atoms with Gasteiger partial charge in [0.15, 0.2) is 0 Å². The molecule has 1 N–H and O–H groups in total. The molecule has 1 aromatic heterocycles. The molecule has 0 saturated heterocycles. The van der Waals surface area contributed by atoms with Gasteiger partial charge in [0.25, 0.3) is 0 Å². The second kappa shape index (κ2) is 7.10. The van der Waals surface area contributed by atoms with Crippen LogP contribution in [0, 0.1) is 6.92 Å². The van der Waals surface area contributed by atoms with Gasteiger partial charge in [-0.1, -0.05) is 48.4 Å². The van der Waals surface area contributed by atoms with E-state index in [2.05, 4.69) is 62.4 Å². The summed E-state index contributed by atoms with van der Waals surface area (Å²) in [6.45, 7) is 10.0. The maximum atomic E-state index is 6.44. The summed E-state index contributed by atoms with van der Waals surface area (Å²) in [6, 6.07) is 8.87. The van der Waals surface area contributed by atoms with Crippen molar-refractivity contribution in [3.05, 3.63) is 51.8 Å². The second-order valence-electron chi connectivity index (χ2n) is 5.39. The van der Waals surface area contributed by atoms with Crippen molar-refractivity contribution in [2.75, 3.05) is 0 Å². The number of hydrogen-bond acceptors (Lipinski definition) is 2. The standard InChI is InChI=1S/C17H24ClN3/c1-5-15-17(18)16(21(6-2)20-15)11-19-13(4)14-9-7-8-12(3)10-14/h7-10,13,19H,5-6,11H2,1-4H3/t13-/m0/s1. The molecule has 0 saturated carbocycles. The van der Waals surface area contributed by atoms with Crippen LogP contribution in [-0.2, 0) is 19.5 Å². The molecule has 0 radical (unpaired) electrons. The number of aryl methyl sites for hydroxylation is 3. The Labute approximate surface area is 132 Å². The molecule has 0 unspecified atom stereocenters. The molecule has 0 fully saturated rings. The predicted octanol–water partition coefficient (Wildman–Crippen LogP) is 4.28. The van der Waals surface area contributed by atoms with Gasteiger partial charge in [0.05, 0.1) is 16.4 Å². The van der Waals surface area contributed by atoms with E-state index in [9.17, 15) is 0 Å². The summed E-state index contributed by atoms with van der Waals surface area (Å²) in [4.78, 5) is 0. The largest absolute Gasteiger partial charge is 0.305 e. The summed E-state index contributed by atoms with van der Waals surface area (Å²) in [5.41, 5.74) is 4.64. The normalized spacial score (nSPS) is 12.6. The first kappa shape index (κ1) is 16.1. The van der Waals surface area contributed by atoms with Crippen molar-refractivity contribution < 1.29 is 0 Å². The van der Waals surface area contributed by atoms with E-state index in [-0.39, 0.29) is 6.04 Å². The molecule has 1 aromatic carbocycles. The van der Waals surface area contributed by atoms with Crippen LogP contribution >= 0.6 is 11.6 Å². The van der Waals surface area contributed by atoms with E-state index in [1.165, 1.54) is 11.1 Å². The average Bonchev–Trinajstić information content (AvgIpc) is 2.80. The SMILES string of the molecule is CCc1nn(CC)c(CN[C@@H](C)c2cccc(C)c2)c1Cl. The summed E-state index contributed by atoms with van der Waals surface area (Å²) < 4.78 is 2.00. The molecule has 114 valence electrons. The smallest absolute Gasteiger partial charge is 0.0863 e. The molecular formula is C17H24ClN3. The van der Waals surface area contributed by atoms with Crippen LogP contribution in [0.2, 0.25) is 5.02 Å². The van der Waals surface area contributed by atoms with Crippen LogP contribution in [0.25, 0.3) is 0 Å². The lowest BCUT2D eigenvalue weighted by atomic mass is 10.1. The number of halogens is 1. The number of hydrogen-bond donors (Lipinski definition) is 1. The third-order valence-corrected chi connectivity index (χ3v) is 4.25. The Morgan fingerprint density at radius 1 is 1.33 bits per heavy atom. The first-order chi connectivity index (χ1) is 10.1. The minimum absolute atomic E-state index is 0.284. The lowest BCUT2D eigenvalue weighted by Crippen LogP contribution is -2.20. The Balaban J connectivity index is 2.11. The first-order valence-electron chi connectivity index (χ1n) is 7.60. The van der Waals surface area contributed by atoms with E-state index in [1.807, 2.05) is 4.68 Å². The number of nitrogens with one attached hydrogen (secondary N) is 1. The summed E-state index contributed by atoms with van der Waals surface area (Å²) in [7, 11) is 0. The fourth-order valence-electron chi connectivity index (χ4n) is 2.49. The van der Waals surface area contributed by atoms with Gasteiger partial charge >= 0.3 is 0 Å². The van der Waals surface area contributed by atoms with Gasteiger partial charge in [0, 0.05) is 19.1 Å². The first-order valence-corrected chi connectivity index (χ1v) is 7.98. The third-order valence-electron chi connectivity index (χ3n) is 3.81. The Morgan fingerprint density at radius 2 is 2.10 bits per heavy atom. The maximum Gasteiger partial charge on any atom is 0.0863 e. The van der Waals surface area contributed by atoms with E-state index in [0.29, 0.717) is 0 Å². The molecule has 3 nitrogen and oxygen atoms in total. The van der Waals surface area contributed by atoms with Crippen molar-refractivity contribution >= 4 is 11.6 Å². The van der Waals surface area contributed by atoms with Crippen LogP contribution in [-0.4, -0.2) is 9.78 Å². The molecule has 4 heteroatoms. The maximum absolute atomic E-state index is 6.44. The van der Waals surface area contributed by atoms with Crippen LogP contribution in [0.5, 0.6) is 0 Å². The van der Waals surface area contributed by atoms with Gasteiger partial charge in [-0.25, -0.2) is 0 Å². The molecule has 0 bridgehead atoms. The Hall–Kier alpha value is -1.32. The number of aromatic nitrogens is 2. The molecule has 0 aliphatic carbocycles. The van der Waals surface area contributed by atoms with Crippen LogP contribution < -0.4 is 5.32 Å². The van der Waals surface area contributed by atoms with Gasteiger partial charge in [-0.3, -0.25) is 4.68 Å². The molecule has 0 amide bonds. The highest BCUT2D eigenvalue weighted by Gasteiger charge is 2.15. The predicted molar refractivity (Wildman–Crippen MR) is 88.7 cm³/mol. The molecule has 2 aromatic rings. The number of benzene rings is 1. The summed E-state index contributed by atoms with van der Waals surface area (Å²) in [6.07, 6.45) is 0.867. The van der Waals surface area contributed by atoms with Crippen molar-refractivity contribution in [2.45, 2.75) is 53.2 Å². The van der Waals surface area contributed by atoms with E-state index >= 15 is 0 Å². The monoisotopic (exact) mass is 305 g/mol. The molecule has 0 aliphatic rings. The third kappa shape index (κ3) is 3.66. The zero-order chi connectivity index (χ0) is 15.4. The average molecular weight is 306 g/mol. The fraction of sp³-hybridized carbons (Fsp3) is 0.471. The van der Waals surface area contributed by atoms with Crippen molar-refractivity contribution in [1.82, 2.24) is 15.1 Å². The highest BCUT2D eigenvalue weighted by atomic mass is 35.5. The Bertz CT molecular complexity index is 604. The van der Waals surface area contributed by atoms with E-state index in [1.54, 1.807) is 0 Å². The number of rotatable bonds is 6. The van der Waals surface area contributed by atoms with Crippen LogP contribution in [0.3, 0.4) is 0 Å². The minimum Gasteiger partial charge on any atom is -0.305 e. The van der Waals surface area contributed by atoms with Crippen molar-refractivity contribution in [1.29, 1.82) is 0 Å². The summed E-state index contributed by atoms with van der Waals surface area (Å²) in [5.74, 6) is 0. The van der Waals surface area contributed by atoms with E-state index < -0.39 is 0 Å². The van der Waals surface area contributed by atoms with Gasteiger partial charge in [-0.05, 0) is 32.8 Å². The van der Waals surface area contributed by atoms with Gasteiger partial charge in [-0.15, -0.1) is 0 Å². The molecule has 0 aliphatic heterocycles. The van der Waals surface area contributed by atoms with Gasteiger partial charge in [0.2, 0.25) is 0 Å². The zero-order valence-electron chi connectivity index (χ0n) is 13.3. The van der Waals surface area contributed by atoms with Gasteiger partial charge in [-0.2, -0.15) is 5.10 Å². The molecule has 1 heterocycles. The zero-order valence-corrected chi connectivity index (χ0v) is 14.0. The lowest BCUT2D eigenvalue weighted by Gasteiger charge is -2.15. The van der Waals surface area contributed by atoms with E-state index in [0.717, 1.165) is 35.9 Å². The molecule has 1 atom stereocenters. The fourth-order valence-corrected chi connectivity index (χ4v) is 2.83. The Kier molecular flexibility index (Phi) is 5.43. The van der Waals surface area contributed by atoms with Gasteiger partial charge in [0.1, 0.15) is 0 Å². The van der Waals surface area contributed by atoms with Crippen LogP contribution in [0.15, 0.2) is 24.3 Å². The summed E-state index contributed by atoms with van der Waals surface area (Å²) in [5, 5.41) is 8.91. The van der Waals surface area contributed by atoms with Crippen LogP contribution in [0.4, 0.5) is 0 Å². The van der Waals surface area contributed by atoms with Crippen molar-refractivity contribution in [2.24, 2.45) is 0 Å². The lowest BCUT2D eigenvalue weighted by molar-refractivity contribution is 0.530. The highest BCUT2D eigenvalue weighted by molar-refractivity contribution is 6.31. The Morgan fingerprint density at radius 3 is 2.71 bits per heavy atom. The van der Waals surface area contributed by atoms with Crippen LogP contribution in [0.1, 0.15) is 49.3 Å². The second-order valence-corrected chi connectivity index (χ2v) is 5.77. The topological polar surface area (TPSA) is 29.9 Å². The summed E-state index contributed by atoms with van der Waals surface area (Å²) >= 11 is 6.44. The molecule has 0 spiro atoms. The molecule has 21 heavy (non-hydrogen) atoms. The van der Waals surface area contributed by atoms with Crippen molar-refractivity contribution in [3.63, 3.8) is 0 Å². The number of nitrogens with zero attached hydrogens (tertiary/aromatic N) is 2. The van der Waals surface area contributed by atoms with E-state index in [4.69, 9.17) is 11.6 Å². The minimum atomic E-state index is 0.284.